The van der Waals surface area contributed by atoms with E-state index in [1.54, 1.807) is 15.2 Å². The number of nitrogens with one attached hydrogen (secondary N) is 1. The second kappa shape index (κ2) is 8.39. The molecule has 0 saturated heterocycles. The van der Waals surface area contributed by atoms with Crippen LogP contribution < -0.4 is 15.7 Å². The van der Waals surface area contributed by atoms with Gasteiger partial charge in [-0.25, -0.2) is 14.8 Å². The zero-order valence-electron chi connectivity index (χ0n) is 18.4. The summed E-state index contributed by atoms with van der Waals surface area (Å²) in [4.78, 5) is 22.9. The number of imidazole rings is 1. The van der Waals surface area contributed by atoms with Crippen LogP contribution >= 0.6 is 0 Å². The van der Waals surface area contributed by atoms with Crippen molar-refractivity contribution in [2.75, 3.05) is 5.32 Å². The van der Waals surface area contributed by atoms with Crippen molar-refractivity contribution in [2.45, 2.75) is 76.9 Å². The molecule has 0 bridgehead atoms. The van der Waals surface area contributed by atoms with Crippen LogP contribution in [0.5, 0.6) is 5.75 Å². The molecular formula is C23H26F3N5O2. The van der Waals surface area contributed by atoms with Gasteiger partial charge < -0.3 is 10.1 Å². The number of nitrogens with zero attached hydrogens (tertiary/aromatic N) is 4. The van der Waals surface area contributed by atoms with Crippen molar-refractivity contribution in [1.29, 1.82) is 0 Å². The minimum absolute atomic E-state index is 0.138. The van der Waals surface area contributed by atoms with Gasteiger partial charge in [-0.05, 0) is 43.4 Å². The summed E-state index contributed by atoms with van der Waals surface area (Å²) in [5, 5.41) is 3.39. The molecule has 176 valence electrons. The van der Waals surface area contributed by atoms with Crippen molar-refractivity contribution in [3.63, 3.8) is 0 Å². The van der Waals surface area contributed by atoms with Crippen LogP contribution in [0.2, 0.25) is 0 Å². The van der Waals surface area contributed by atoms with Crippen LogP contribution in [-0.2, 0) is 19.5 Å². The van der Waals surface area contributed by atoms with Crippen molar-refractivity contribution in [1.82, 2.24) is 19.1 Å². The summed E-state index contributed by atoms with van der Waals surface area (Å²) in [7, 11) is 0. The number of anilines is 1. The molecule has 7 nitrogen and oxygen atoms in total. The summed E-state index contributed by atoms with van der Waals surface area (Å²) in [5.41, 5.74) is 1.25. The topological polar surface area (TPSA) is 74.0 Å². The molecule has 1 aromatic rings. The first-order valence-electron chi connectivity index (χ1n) is 11.4. The molecule has 1 fully saturated rings. The molecule has 10 heteroatoms. The van der Waals surface area contributed by atoms with E-state index < -0.39 is 6.36 Å². The lowest BCUT2D eigenvalue weighted by Crippen LogP contribution is -2.32. The summed E-state index contributed by atoms with van der Waals surface area (Å²) in [6, 6.07) is 5.79. The fraction of sp³-hybridized carbons (Fsp3) is 0.522. The summed E-state index contributed by atoms with van der Waals surface area (Å²) < 4.78 is 45.2. The number of alkyl halides is 3. The van der Waals surface area contributed by atoms with Crippen molar-refractivity contribution in [3.8, 4) is 17.3 Å². The lowest BCUT2D eigenvalue weighted by molar-refractivity contribution is -0.274. The van der Waals surface area contributed by atoms with Gasteiger partial charge in [-0.3, -0.25) is 9.13 Å². The van der Waals surface area contributed by atoms with E-state index in [1.165, 1.54) is 31.0 Å². The molecule has 1 N–H and O–H groups in total. The number of hydrogen-bond acceptors (Lipinski definition) is 5. The molecule has 0 amide bonds. The van der Waals surface area contributed by atoms with E-state index in [0.29, 0.717) is 48.3 Å². The maximum atomic E-state index is 13.3. The van der Waals surface area contributed by atoms with Crippen LogP contribution in [0, 0.1) is 0 Å². The quantitative estimate of drug-likeness (QED) is 0.583. The van der Waals surface area contributed by atoms with Crippen LogP contribution in [0.25, 0.3) is 11.5 Å². The zero-order valence-corrected chi connectivity index (χ0v) is 18.4. The third-order valence-electron chi connectivity index (χ3n) is 6.40. The van der Waals surface area contributed by atoms with Gasteiger partial charge in [-0.2, -0.15) is 0 Å². The molecule has 4 aliphatic rings. The van der Waals surface area contributed by atoms with Gasteiger partial charge >= 0.3 is 12.1 Å². The predicted octanol–water partition coefficient (Wildman–Crippen LogP) is 4.55. The van der Waals surface area contributed by atoms with E-state index in [1.807, 2.05) is 6.92 Å². The second-order valence-electron chi connectivity index (χ2n) is 8.87. The van der Waals surface area contributed by atoms with E-state index in [-0.39, 0.29) is 17.5 Å². The molecule has 5 rings (SSSR count). The van der Waals surface area contributed by atoms with Crippen LogP contribution in [0.15, 0.2) is 29.1 Å². The van der Waals surface area contributed by atoms with E-state index in [4.69, 9.17) is 9.97 Å². The SMILES string of the molecule is CCCn1c2nc(C3CCCC3)nc-2c2n(c1=O)CC(Cc1cccc(OC(F)(F)F)c1)N2. The van der Waals surface area contributed by atoms with Crippen LogP contribution in [0.3, 0.4) is 0 Å². The van der Waals surface area contributed by atoms with Crippen LogP contribution in [0.4, 0.5) is 19.0 Å². The Bertz CT molecular complexity index is 1180. The Morgan fingerprint density at radius 1 is 1.21 bits per heavy atom. The molecule has 1 aliphatic carbocycles. The number of ether oxygens (including phenoxy) is 1. The molecule has 0 radical (unpaired) electrons. The molecule has 3 heterocycles. The Balaban J connectivity index is 1.45. The van der Waals surface area contributed by atoms with Crippen molar-refractivity contribution >= 4 is 5.82 Å². The molecule has 1 saturated carbocycles. The lowest BCUT2D eigenvalue weighted by Gasteiger charge is -2.13. The number of aromatic nitrogens is 4. The highest BCUT2D eigenvalue weighted by atomic mass is 19.4. The molecule has 0 aromatic heterocycles. The van der Waals surface area contributed by atoms with Crippen LogP contribution in [-0.4, -0.2) is 31.5 Å². The smallest absolute Gasteiger partial charge is 0.406 e. The Morgan fingerprint density at radius 2 is 2.00 bits per heavy atom. The molecule has 3 aliphatic heterocycles. The summed E-state index contributed by atoms with van der Waals surface area (Å²) >= 11 is 0. The molecule has 1 aromatic carbocycles. The van der Waals surface area contributed by atoms with Gasteiger partial charge in [0, 0.05) is 25.0 Å². The van der Waals surface area contributed by atoms with E-state index in [0.717, 1.165) is 25.1 Å². The summed E-state index contributed by atoms with van der Waals surface area (Å²) in [6.07, 6.45) is 0.965. The van der Waals surface area contributed by atoms with Gasteiger partial charge in [0.2, 0.25) is 0 Å². The Hall–Kier alpha value is -3.04. The largest absolute Gasteiger partial charge is 0.573 e. The van der Waals surface area contributed by atoms with Gasteiger partial charge in [0.1, 0.15) is 23.1 Å². The zero-order chi connectivity index (χ0) is 23.2. The maximum Gasteiger partial charge on any atom is 0.573 e. The summed E-state index contributed by atoms with van der Waals surface area (Å²) in [6.45, 7) is 2.98. The highest BCUT2D eigenvalue weighted by Gasteiger charge is 2.34. The fourth-order valence-electron chi connectivity index (χ4n) is 4.99. The van der Waals surface area contributed by atoms with Gasteiger partial charge in [0.15, 0.2) is 5.82 Å². The first-order chi connectivity index (χ1) is 15.8. The van der Waals surface area contributed by atoms with E-state index in [2.05, 4.69) is 10.1 Å². The van der Waals surface area contributed by atoms with Crippen molar-refractivity contribution in [3.05, 3.63) is 46.1 Å². The molecule has 1 atom stereocenters. The second-order valence-corrected chi connectivity index (χ2v) is 8.87. The number of halogens is 3. The molecule has 33 heavy (non-hydrogen) atoms. The maximum absolute atomic E-state index is 13.3. The number of rotatable bonds is 6. The fourth-order valence-corrected chi connectivity index (χ4v) is 4.99. The third-order valence-corrected chi connectivity index (χ3v) is 6.40. The first-order valence-corrected chi connectivity index (χ1v) is 11.4. The average molecular weight is 461 g/mol. The lowest BCUT2D eigenvalue weighted by atomic mass is 10.1. The molecule has 0 spiro atoms. The van der Waals surface area contributed by atoms with E-state index >= 15 is 0 Å². The van der Waals surface area contributed by atoms with Gasteiger partial charge in [0.05, 0.1) is 0 Å². The average Bonchev–Trinajstić information content (AvgIpc) is 3.48. The minimum atomic E-state index is -4.74. The molecule has 1 unspecified atom stereocenters. The van der Waals surface area contributed by atoms with Gasteiger partial charge in [-0.15, -0.1) is 13.2 Å². The number of fused-ring (bicyclic) bond motifs is 3. The number of benzene rings is 1. The van der Waals surface area contributed by atoms with Gasteiger partial charge in [-0.1, -0.05) is 31.9 Å². The Labute approximate surface area is 189 Å². The summed E-state index contributed by atoms with van der Waals surface area (Å²) in [5.74, 6) is 2.15. The Morgan fingerprint density at radius 3 is 2.73 bits per heavy atom. The highest BCUT2D eigenvalue weighted by molar-refractivity contribution is 5.70. The van der Waals surface area contributed by atoms with E-state index in [9.17, 15) is 18.0 Å². The monoisotopic (exact) mass is 461 g/mol. The predicted molar refractivity (Wildman–Crippen MR) is 117 cm³/mol. The highest BCUT2D eigenvalue weighted by Crippen LogP contribution is 2.37. The minimum Gasteiger partial charge on any atom is -0.406 e. The Kier molecular flexibility index (Phi) is 5.54. The normalized spacial score (nSPS) is 18.6. The van der Waals surface area contributed by atoms with Crippen molar-refractivity contribution < 1.29 is 17.9 Å². The van der Waals surface area contributed by atoms with Crippen molar-refractivity contribution in [2.24, 2.45) is 0 Å². The first kappa shape index (κ1) is 21.8. The molecular weight excluding hydrogens is 435 g/mol. The standard InChI is InChI=1S/C23H26F3N5O2/c1-2-10-30-21-18(28-19(29-21)15-7-3-4-8-15)20-27-16(13-31(20)22(30)32)11-14-6-5-9-17(12-14)33-23(24,25)26/h5-6,9,12,15-16,27H,2-4,7-8,10-11,13H2,1H3. The third kappa shape index (κ3) is 4.30. The number of hydrogen-bond donors (Lipinski definition) is 1. The van der Waals surface area contributed by atoms with Gasteiger partial charge in [0.25, 0.3) is 0 Å². The van der Waals surface area contributed by atoms with Crippen LogP contribution in [0.1, 0.15) is 56.3 Å².